The van der Waals surface area contributed by atoms with E-state index in [4.69, 9.17) is 13.9 Å². The lowest BCUT2D eigenvalue weighted by molar-refractivity contribution is 0.116. The van der Waals surface area contributed by atoms with Crippen LogP contribution in [0.1, 0.15) is 59.4 Å². The van der Waals surface area contributed by atoms with Gasteiger partial charge in [-0.2, -0.15) is 5.10 Å². The number of carbonyl (C=O) groups is 1. The van der Waals surface area contributed by atoms with Gasteiger partial charge in [-0.25, -0.2) is 14.8 Å². The Morgan fingerprint density at radius 3 is 2.53 bits per heavy atom. The molecule has 0 spiro atoms. The van der Waals surface area contributed by atoms with Gasteiger partial charge in [0.05, 0.1) is 23.1 Å². The van der Waals surface area contributed by atoms with E-state index >= 15 is 0 Å². The summed E-state index contributed by atoms with van der Waals surface area (Å²) in [6.07, 6.45) is 7.85. The fourth-order valence-corrected chi connectivity index (χ4v) is 5.76. The molecule has 1 aliphatic carbocycles. The van der Waals surface area contributed by atoms with Gasteiger partial charge in [-0.3, -0.25) is 9.58 Å². The van der Waals surface area contributed by atoms with Crippen molar-refractivity contribution in [3.8, 4) is 11.6 Å². The Hall–Kier alpha value is -2.72. The number of rotatable bonds is 6. The molecule has 0 aromatic carbocycles. The van der Waals surface area contributed by atoms with Crippen LogP contribution in [0.2, 0.25) is 18.1 Å². The third-order valence-corrected chi connectivity index (χ3v) is 11.8. The number of amides is 1. The summed E-state index contributed by atoms with van der Waals surface area (Å²) in [5.74, 6) is 0.816. The normalized spacial score (nSPS) is 19.5. The first kappa shape index (κ1) is 24.4. The Labute approximate surface area is 201 Å². The molecular formula is C24H35N5O4Si. The third kappa shape index (κ3) is 4.61. The maximum Gasteiger partial charge on any atom is 0.412 e. The standard InChI is InChI=1S/C24H35N5O4Si/c1-7-28(23(30)31)20-14-19-18(15-26-20)21(22-25-12-13-32-22)27-29(19)16-8-10-17(11-9-16)33-34(5,6)24(2,3)4/h12-17H,7-11H2,1-6H3,(H,30,31). The highest BCUT2D eigenvalue weighted by Crippen LogP contribution is 2.41. The van der Waals surface area contributed by atoms with E-state index in [-0.39, 0.29) is 17.2 Å². The summed E-state index contributed by atoms with van der Waals surface area (Å²) in [5, 5.41) is 15.5. The average Bonchev–Trinajstić information content (AvgIpc) is 3.41. The third-order valence-electron chi connectivity index (χ3n) is 7.29. The molecule has 0 saturated heterocycles. The molecule has 0 atom stereocenters. The summed E-state index contributed by atoms with van der Waals surface area (Å²) in [5.41, 5.74) is 1.46. The topological polar surface area (TPSA) is 107 Å². The Balaban J connectivity index is 1.65. The molecule has 3 aromatic rings. The molecule has 1 fully saturated rings. The number of nitrogens with zero attached hydrogens (tertiary/aromatic N) is 5. The maximum absolute atomic E-state index is 11.7. The van der Waals surface area contributed by atoms with Crippen LogP contribution < -0.4 is 4.90 Å². The lowest BCUT2D eigenvalue weighted by atomic mass is 9.93. The SMILES string of the molecule is CCN(C(=O)O)c1cc2c(cn1)c(-c1ncco1)nn2C1CCC(O[Si](C)(C)C(C)(C)C)CC1. The predicted octanol–water partition coefficient (Wildman–Crippen LogP) is 6.10. The van der Waals surface area contributed by atoms with Gasteiger partial charge in [0.1, 0.15) is 12.1 Å². The molecule has 9 nitrogen and oxygen atoms in total. The van der Waals surface area contributed by atoms with Gasteiger partial charge >= 0.3 is 6.09 Å². The van der Waals surface area contributed by atoms with Crippen molar-refractivity contribution in [1.29, 1.82) is 0 Å². The van der Waals surface area contributed by atoms with Crippen molar-refractivity contribution in [3.05, 3.63) is 24.7 Å². The molecule has 1 N–H and O–H groups in total. The van der Waals surface area contributed by atoms with Crippen molar-refractivity contribution in [2.75, 3.05) is 11.4 Å². The molecule has 184 valence electrons. The van der Waals surface area contributed by atoms with Crippen LogP contribution in [-0.2, 0) is 4.43 Å². The molecule has 10 heteroatoms. The van der Waals surface area contributed by atoms with Gasteiger partial charge in [0, 0.05) is 24.9 Å². The van der Waals surface area contributed by atoms with E-state index in [0.29, 0.717) is 23.9 Å². The van der Waals surface area contributed by atoms with Crippen molar-refractivity contribution in [2.45, 2.75) is 83.7 Å². The number of aromatic nitrogens is 4. The Morgan fingerprint density at radius 2 is 1.97 bits per heavy atom. The van der Waals surface area contributed by atoms with Gasteiger partial charge in [0.25, 0.3) is 0 Å². The van der Waals surface area contributed by atoms with Gasteiger partial charge < -0.3 is 13.9 Å². The van der Waals surface area contributed by atoms with Gasteiger partial charge in [-0.15, -0.1) is 0 Å². The second-order valence-corrected chi connectivity index (χ2v) is 15.3. The van der Waals surface area contributed by atoms with Crippen LogP contribution >= 0.6 is 0 Å². The van der Waals surface area contributed by atoms with Crippen LogP contribution in [0.5, 0.6) is 0 Å². The zero-order valence-corrected chi connectivity index (χ0v) is 21.9. The molecule has 1 amide bonds. The first-order valence-electron chi connectivity index (χ1n) is 12.0. The molecule has 4 rings (SSSR count). The lowest BCUT2D eigenvalue weighted by Crippen LogP contribution is -2.44. The van der Waals surface area contributed by atoms with Gasteiger partial charge in [0.15, 0.2) is 14.0 Å². The van der Waals surface area contributed by atoms with E-state index in [2.05, 4.69) is 43.8 Å². The van der Waals surface area contributed by atoms with Gasteiger partial charge in [-0.1, -0.05) is 20.8 Å². The molecule has 1 aliphatic rings. The van der Waals surface area contributed by atoms with E-state index < -0.39 is 14.4 Å². The summed E-state index contributed by atoms with van der Waals surface area (Å²) >= 11 is 0. The maximum atomic E-state index is 11.7. The molecule has 1 saturated carbocycles. The minimum Gasteiger partial charge on any atom is -0.465 e. The van der Waals surface area contributed by atoms with Crippen LogP contribution in [0.15, 0.2) is 29.1 Å². The summed E-state index contributed by atoms with van der Waals surface area (Å²) in [7, 11) is -1.82. The number of pyridine rings is 1. The number of anilines is 1. The highest BCUT2D eigenvalue weighted by atomic mass is 28.4. The minimum atomic E-state index is -1.82. The number of oxazole rings is 1. The van der Waals surface area contributed by atoms with Crippen LogP contribution in [0, 0.1) is 0 Å². The summed E-state index contributed by atoms with van der Waals surface area (Å²) in [6, 6.07) is 1.99. The van der Waals surface area contributed by atoms with E-state index in [9.17, 15) is 9.90 Å². The molecule has 34 heavy (non-hydrogen) atoms. The molecule has 0 unspecified atom stereocenters. The van der Waals surface area contributed by atoms with Crippen molar-refractivity contribution in [1.82, 2.24) is 19.7 Å². The Kier molecular flexibility index (Phi) is 6.56. The van der Waals surface area contributed by atoms with Gasteiger partial charge in [-0.05, 0) is 50.7 Å². The van der Waals surface area contributed by atoms with E-state index in [1.807, 2.05) is 10.7 Å². The molecule has 0 radical (unpaired) electrons. The zero-order chi connectivity index (χ0) is 24.7. The summed E-state index contributed by atoms with van der Waals surface area (Å²) < 4.78 is 14.2. The van der Waals surface area contributed by atoms with Crippen molar-refractivity contribution >= 4 is 31.1 Å². The van der Waals surface area contributed by atoms with Crippen LogP contribution in [0.4, 0.5) is 10.6 Å². The van der Waals surface area contributed by atoms with E-state index in [1.165, 1.54) is 11.2 Å². The first-order valence-corrected chi connectivity index (χ1v) is 14.9. The molecule has 3 aromatic heterocycles. The fraction of sp³-hybridized carbons (Fsp3) is 0.583. The van der Waals surface area contributed by atoms with Crippen LogP contribution in [0.25, 0.3) is 22.5 Å². The minimum absolute atomic E-state index is 0.181. The number of hydrogen-bond donors (Lipinski definition) is 1. The van der Waals surface area contributed by atoms with Crippen LogP contribution in [-0.4, -0.2) is 51.9 Å². The highest BCUT2D eigenvalue weighted by molar-refractivity contribution is 6.74. The fourth-order valence-electron chi connectivity index (χ4n) is 4.34. The smallest absolute Gasteiger partial charge is 0.412 e. The second-order valence-electron chi connectivity index (χ2n) is 10.5. The largest absolute Gasteiger partial charge is 0.465 e. The van der Waals surface area contributed by atoms with E-state index in [0.717, 1.165) is 36.6 Å². The van der Waals surface area contributed by atoms with Crippen molar-refractivity contribution < 1.29 is 18.7 Å². The van der Waals surface area contributed by atoms with Crippen molar-refractivity contribution in [3.63, 3.8) is 0 Å². The molecule has 0 bridgehead atoms. The lowest BCUT2D eigenvalue weighted by Gasteiger charge is -2.41. The Bertz CT molecular complexity index is 1140. The molecule has 3 heterocycles. The van der Waals surface area contributed by atoms with Crippen molar-refractivity contribution in [2.24, 2.45) is 0 Å². The monoisotopic (exact) mass is 485 g/mol. The van der Waals surface area contributed by atoms with Crippen LogP contribution in [0.3, 0.4) is 0 Å². The predicted molar refractivity (Wildman–Crippen MR) is 134 cm³/mol. The molecular weight excluding hydrogens is 450 g/mol. The van der Waals surface area contributed by atoms with Gasteiger partial charge in [0.2, 0.25) is 5.89 Å². The zero-order valence-electron chi connectivity index (χ0n) is 20.9. The number of fused-ring (bicyclic) bond motifs is 1. The second kappa shape index (κ2) is 9.14. The number of carboxylic acid groups (broad SMARTS) is 1. The molecule has 0 aliphatic heterocycles. The average molecular weight is 486 g/mol. The summed E-state index contributed by atoms with van der Waals surface area (Å²) in [6.45, 7) is 13.5. The first-order chi connectivity index (χ1) is 16.0. The summed E-state index contributed by atoms with van der Waals surface area (Å²) in [4.78, 5) is 21.6. The highest BCUT2D eigenvalue weighted by Gasteiger charge is 2.40. The number of hydrogen-bond acceptors (Lipinski definition) is 6. The van der Waals surface area contributed by atoms with E-state index in [1.54, 1.807) is 19.3 Å². The Morgan fingerprint density at radius 1 is 1.26 bits per heavy atom. The quantitative estimate of drug-likeness (QED) is 0.421.